The molecule has 0 fully saturated rings. The van der Waals surface area contributed by atoms with E-state index in [-0.39, 0.29) is 0 Å². The first-order valence-corrected chi connectivity index (χ1v) is 7.29. The lowest BCUT2D eigenvalue weighted by Crippen LogP contribution is -2.04. The molecule has 0 spiro atoms. The Morgan fingerprint density at radius 1 is 1.10 bits per heavy atom. The van der Waals surface area contributed by atoms with Gasteiger partial charge < -0.3 is 4.57 Å². The summed E-state index contributed by atoms with van der Waals surface area (Å²) in [5, 5.41) is 0. The fourth-order valence-electron chi connectivity index (χ4n) is 2.34. The van der Waals surface area contributed by atoms with Gasteiger partial charge in [-0.15, -0.1) is 11.6 Å². The molecule has 2 heterocycles. The lowest BCUT2D eigenvalue weighted by atomic mass is 10.1. The molecule has 0 aliphatic carbocycles. The Morgan fingerprint density at radius 2 is 1.85 bits per heavy atom. The van der Waals surface area contributed by atoms with E-state index in [1.807, 2.05) is 12.1 Å². The van der Waals surface area contributed by atoms with Crippen LogP contribution in [0.1, 0.15) is 23.9 Å². The maximum atomic E-state index is 6.01. The van der Waals surface area contributed by atoms with Gasteiger partial charge in [-0.05, 0) is 29.7 Å². The van der Waals surface area contributed by atoms with E-state index in [2.05, 4.69) is 45.7 Å². The molecule has 102 valence electrons. The Morgan fingerprint density at radius 3 is 2.55 bits per heavy atom. The standard InChI is InChI=1S/C16H16ClN3/c1-2-12-5-7-13(8-6-12)11-20-15(10-17)19-14-4-3-9-18-16(14)20/h3-9H,2,10-11H2,1H3. The van der Waals surface area contributed by atoms with Gasteiger partial charge in [0.2, 0.25) is 0 Å². The SMILES string of the molecule is CCc1ccc(Cn2c(CCl)nc3cccnc32)cc1. The second-order valence-electron chi connectivity index (χ2n) is 4.76. The zero-order valence-corrected chi connectivity index (χ0v) is 12.1. The van der Waals surface area contributed by atoms with Gasteiger partial charge >= 0.3 is 0 Å². The van der Waals surface area contributed by atoms with Crippen molar-refractivity contribution in [3.05, 3.63) is 59.5 Å². The maximum Gasteiger partial charge on any atom is 0.160 e. The number of imidazole rings is 1. The van der Waals surface area contributed by atoms with Crippen LogP contribution in [-0.4, -0.2) is 14.5 Å². The third-order valence-electron chi connectivity index (χ3n) is 3.47. The second-order valence-corrected chi connectivity index (χ2v) is 5.03. The summed E-state index contributed by atoms with van der Waals surface area (Å²) in [5.74, 6) is 1.25. The number of hydrogen-bond acceptors (Lipinski definition) is 2. The van der Waals surface area contributed by atoms with Crippen molar-refractivity contribution in [2.45, 2.75) is 25.8 Å². The molecule has 0 radical (unpaired) electrons. The largest absolute Gasteiger partial charge is 0.307 e. The predicted octanol–water partition coefficient (Wildman–Crippen LogP) is 3.78. The molecule has 0 N–H and O–H groups in total. The Kier molecular flexibility index (Phi) is 3.70. The van der Waals surface area contributed by atoms with Gasteiger partial charge in [-0.3, -0.25) is 0 Å². The van der Waals surface area contributed by atoms with Gasteiger partial charge in [0, 0.05) is 6.20 Å². The van der Waals surface area contributed by atoms with Crippen LogP contribution in [0, 0.1) is 0 Å². The molecular formula is C16H16ClN3. The van der Waals surface area contributed by atoms with Crippen molar-refractivity contribution in [2.75, 3.05) is 0 Å². The third kappa shape index (κ3) is 2.41. The summed E-state index contributed by atoms with van der Waals surface area (Å²) in [6.45, 7) is 2.91. The van der Waals surface area contributed by atoms with Gasteiger partial charge in [0.15, 0.2) is 5.65 Å². The molecule has 3 nitrogen and oxygen atoms in total. The smallest absolute Gasteiger partial charge is 0.160 e. The Hall–Kier alpha value is -1.87. The Labute approximate surface area is 123 Å². The highest BCUT2D eigenvalue weighted by Crippen LogP contribution is 2.17. The van der Waals surface area contributed by atoms with Gasteiger partial charge in [0.25, 0.3) is 0 Å². The molecule has 20 heavy (non-hydrogen) atoms. The fraction of sp³-hybridized carbons (Fsp3) is 0.250. The molecule has 3 aromatic rings. The van der Waals surface area contributed by atoms with Crippen molar-refractivity contribution in [3.8, 4) is 0 Å². The minimum absolute atomic E-state index is 0.392. The summed E-state index contributed by atoms with van der Waals surface area (Å²) in [7, 11) is 0. The number of benzene rings is 1. The summed E-state index contributed by atoms with van der Waals surface area (Å²) in [6.07, 6.45) is 2.85. The molecule has 1 aromatic carbocycles. The van der Waals surface area contributed by atoms with E-state index in [0.717, 1.165) is 30.0 Å². The first-order valence-electron chi connectivity index (χ1n) is 6.75. The van der Waals surface area contributed by atoms with Gasteiger partial charge in [-0.2, -0.15) is 0 Å². The van der Waals surface area contributed by atoms with E-state index in [1.54, 1.807) is 6.20 Å². The molecular weight excluding hydrogens is 270 g/mol. The van der Waals surface area contributed by atoms with Crippen LogP contribution in [0.2, 0.25) is 0 Å². The van der Waals surface area contributed by atoms with Crippen molar-refractivity contribution >= 4 is 22.8 Å². The topological polar surface area (TPSA) is 30.7 Å². The molecule has 2 aromatic heterocycles. The van der Waals surface area contributed by atoms with Crippen LogP contribution >= 0.6 is 11.6 Å². The number of hydrogen-bond donors (Lipinski definition) is 0. The van der Waals surface area contributed by atoms with Crippen molar-refractivity contribution in [3.63, 3.8) is 0 Å². The van der Waals surface area contributed by atoms with Crippen molar-refractivity contribution in [1.29, 1.82) is 0 Å². The molecule has 0 aliphatic rings. The van der Waals surface area contributed by atoms with E-state index < -0.39 is 0 Å². The zero-order valence-electron chi connectivity index (χ0n) is 11.4. The lowest BCUT2D eigenvalue weighted by Gasteiger charge is -2.08. The van der Waals surface area contributed by atoms with Crippen LogP contribution in [0.25, 0.3) is 11.2 Å². The normalized spacial score (nSPS) is 11.1. The first kappa shape index (κ1) is 13.1. The van der Waals surface area contributed by atoms with E-state index >= 15 is 0 Å². The van der Waals surface area contributed by atoms with Gasteiger partial charge in [-0.25, -0.2) is 9.97 Å². The molecule has 3 rings (SSSR count). The predicted molar refractivity (Wildman–Crippen MR) is 82.0 cm³/mol. The van der Waals surface area contributed by atoms with E-state index in [1.165, 1.54) is 11.1 Å². The fourth-order valence-corrected chi connectivity index (χ4v) is 2.54. The van der Waals surface area contributed by atoms with Crippen LogP contribution in [0.15, 0.2) is 42.6 Å². The highest BCUT2D eigenvalue weighted by molar-refractivity contribution is 6.16. The van der Waals surface area contributed by atoms with Crippen molar-refractivity contribution in [2.24, 2.45) is 0 Å². The van der Waals surface area contributed by atoms with Crippen LogP contribution in [0.5, 0.6) is 0 Å². The summed E-state index contributed by atoms with van der Waals surface area (Å²) in [5.41, 5.74) is 4.37. The number of fused-ring (bicyclic) bond motifs is 1. The van der Waals surface area contributed by atoms with E-state index in [9.17, 15) is 0 Å². The van der Waals surface area contributed by atoms with Gasteiger partial charge in [0.05, 0.1) is 12.4 Å². The minimum Gasteiger partial charge on any atom is -0.307 e. The van der Waals surface area contributed by atoms with Crippen LogP contribution in [0.3, 0.4) is 0 Å². The maximum absolute atomic E-state index is 6.01. The number of aromatic nitrogens is 3. The Balaban J connectivity index is 2.00. The molecule has 0 unspecified atom stereocenters. The van der Waals surface area contributed by atoms with Crippen LogP contribution in [-0.2, 0) is 18.8 Å². The molecule has 0 saturated carbocycles. The van der Waals surface area contributed by atoms with Gasteiger partial charge in [-0.1, -0.05) is 31.2 Å². The molecule has 4 heteroatoms. The van der Waals surface area contributed by atoms with Crippen LogP contribution < -0.4 is 0 Å². The second kappa shape index (κ2) is 5.63. The van der Waals surface area contributed by atoms with E-state index in [4.69, 9.17) is 11.6 Å². The summed E-state index contributed by atoms with van der Waals surface area (Å²) >= 11 is 6.01. The number of alkyl halides is 1. The highest BCUT2D eigenvalue weighted by atomic mass is 35.5. The monoisotopic (exact) mass is 285 g/mol. The molecule has 0 bridgehead atoms. The quantitative estimate of drug-likeness (QED) is 0.683. The minimum atomic E-state index is 0.392. The number of pyridine rings is 1. The van der Waals surface area contributed by atoms with Gasteiger partial charge in [0.1, 0.15) is 11.3 Å². The molecule has 0 atom stereocenters. The van der Waals surface area contributed by atoms with Crippen LogP contribution in [0.4, 0.5) is 0 Å². The Bertz CT molecular complexity index is 716. The number of aryl methyl sites for hydroxylation is 1. The zero-order chi connectivity index (χ0) is 13.9. The molecule has 0 amide bonds. The summed E-state index contributed by atoms with van der Waals surface area (Å²) < 4.78 is 2.09. The first-order chi connectivity index (χ1) is 9.81. The average molecular weight is 286 g/mol. The highest BCUT2D eigenvalue weighted by Gasteiger charge is 2.10. The lowest BCUT2D eigenvalue weighted by molar-refractivity contribution is 0.770. The summed E-state index contributed by atoms with van der Waals surface area (Å²) in [4.78, 5) is 8.95. The average Bonchev–Trinajstić information content (AvgIpc) is 2.86. The van der Waals surface area contributed by atoms with Crippen molar-refractivity contribution < 1.29 is 0 Å². The third-order valence-corrected chi connectivity index (χ3v) is 3.71. The molecule has 0 saturated heterocycles. The number of halogens is 1. The number of nitrogens with zero attached hydrogens (tertiary/aromatic N) is 3. The molecule has 0 aliphatic heterocycles. The van der Waals surface area contributed by atoms with Crippen molar-refractivity contribution in [1.82, 2.24) is 14.5 Å². The van der Waals surface area contributed by atoms with E-state index in [0.29, 0.717) is 5.88 Å². The summed E-state index contributed by atoms with van der Waals surface area (Å²) in [6, 6.07) is 12.5. The number of rotatable bonds is 4.